The van der Waals surface area contributed by atoms with E-state index in [0.717, 1.165) is 48.8 Å². The largest absolute Gasteiger partial charge is 0.507 e. The molecule has 1 aromatic carbocycles. The third kappa shape index (κ3) is 12.7. The molecule has 2 atom stereocenters. The lowest BCUT2D eigenvalue weighted by atomic mass is 9.75. The second-order valence-electron chi connectivity index (χ2n) is 13.6. The number of hydrogen-bond donors (Lipinski definition) is 2. The minimum atomic E-state index is -1.07. The standard InChI is InChI=1S/C35H58O4/c1-9-10-11-12-13-14-15-16-17-18-19-20-21-22-27(25-31(36)26(2)33(38)39)28-23-29(34(3,4)5)32(37)30(24-28)35(6,7)8/h16-17,23-24,26-27,37H,9-15,18-22,25H2,1-8H3,(H,38,39). The van der Waals surface area contributed by atoms with Crippen LogP contribution in [0.15, 0.2) is 24.3 Å². The van der Waals surface area contributed by atoms with Gasteiger partial charge in [0.15, 0.2) is 0 Å². The fraction of sp³-hybridized carbons (Fsp3) is 0.714. The summed E-state index contributed by atoms with van der Waals surface area (Å²) in [6.07, 6.45) is 19.1. The monoisotopic (exact) mass is 542 g/mol. The van der Waals surface area contributed by atoms with Gasteiger partial charge < -0.3 is 10.2 Å². The van der Waals surface area contributed by atoms with E-state index < -0.39 is 11.9 Å². The number of aliphatic carboxylic acids is 1. The van der Waals surface area contributed by atoms with Crippen molar-refractivity contribution < 1.29 is 19.8 Å². The van der Waals surface area contributed by atoms with Crippen LogP contribution in [0.5, 0.6) is 5.75 Å². The van der Waals surface area contributed by atoms with E-state index in [2.05, 4.69) is 72.8 Å². The van der Waals surface area contributed by atoms with E-state index in [4.69, 9.17) is 0 Å². The maximum atomic E-state index is 12.9. The number of phenolic OH excluding ortho intramolecular Hbond substituents is 1. The first kappa shape index (κ1) is 34.9. The van der Waals surface area contributed by atoms with Gasteiger partial charge in [0.25, 0.3) is 0 Å². The zero-order valence-electron chi connectivity index (χ0n) is 26.4. The van der Waals surface area contributed by atoms with Crippen molar-refractivity contribution in [1.29, 1.82) is 0 Å². The maximum Gasteiger partial charge on any atom is 0.313 e. The molecule has 2 N–H and O–H groups in total. The molecule has 1 aromatic rings. The summed E-state index contributed by atoms with van der Waals surface area (Å²) in [5.41, 5.74) is 2.27. The normalized spacial score (nSPS) is 14.1. The molecule has 0 aliphatic carbocycles. The second-order valence-corrected chi connectivity index (χ2v) is 13.6. The van der Waals surface area contributed by atoms with Crippen molar-refractivity contribution in [3.8, 4) is 5.75 Å². The number of ketones is 1. The predicted octanol–water partition coefficient (Wildman–Crippen LogP) is 10.0. The molecule has 0 heterocycles. The molecule has 4 nitrogen and oxygen atoms in total. The lowest BCUT2D eigenvalue weighted by Crippen LogP contribution is -2.23. The number of carbonyl (C=O) groups is 2. The van der Waals surface area contributed by atoms with Gasteiger partial charge in [-0.3, -0.25) is 9.59 Å². The summed E-state index contributed by atoms with van der Waals surface area (Å²) in [5, 5.41) is 20.6. The van der Waals surface area contributed by atoms with Crippen LogP contribution in [0.1, 0.15) is 161 Å². The molecule has 2 unspecified atom stereocenters. The number of phenols is 1. The number of hydrogen-bond acceptors (Lipinski definition) is 3. The Balaban J connectivity index is 2.90. The Hall–Kier alpha value is -2.10. The molecule has 0 bridgehead atoms. The third-order valence-electron chi connectivity index (χ3n) is 7.84. The highest BCUT2D eigenvalue weighted by Crippen LogP contribution is 2.42. The highest BCUT2D eigenvalue weighted by Gasteiger charge is 2.30. The Bertz CT molecular complexity index is 879. The number of benzene rings is 1. The fourth-order valence-corrected chi connectivity index (χ4v) is 5.09. The topological polar surface area (TPSA) is 74.6 Å². The fourth-order valence-electron chi connectivity index (χ4n) is 5.09. The molecule has 0 aliphatic rings. The average Bonchev–Trinajstić information content (AvgIpc) is 2.84. The van der Waals surface area contributed by atoms with Gasteiger partial charge in [0, 0.05) is 6.42 Å². The number of carbonyl (C=O) groups excluding carboxylic acids is 1. The van der Waals surface area contributed by atoms with Crippen LogP contribution < -0.4 is 0 Å². The molecule has 0 spiro atoms. The molecule has 0 fully saturated rings. The molecule has 0 saturated carbocycles. The van der Waals surface area contributed by atoms with E-state index in [1.807, 2.05) is 0 Å². The molecule has 0 aromatic heterocycles. The zero-order valence-corrected chi connectivity index (χ0v) is 26.4. The molecule has 222 valence electrons. The van der Waals surface area contributed by atoms with E-state index in [1.165, 1.54) is 51.9 Å². The van der Waals surface area contributed by atoms with Crippen molar-refractivity contribution in [2.45, 2.75) is 156 Å². The molecule has 0 radical (unpaired) electrons. The van der Waals surface area contributed by atoms with Gasteiger partial charge in [-0.15, -0.1) is 0 Å². The van der Waals surface area contributed by atoms with Crippen molar-refractivity contribution in [3.63, 3.8) is 0 Å². The summed E-state index contributed by atoms with van der Waals surface area (Å²) < 4.78 is 0. The Labute approximate surface area is 239 Å². The zero-order chi connectivity index (χ0) is 29.6. The van der Waals surface area contributed by atoms with Gasteiger partial charge in [0.1, 0.15) is 17.5 Å². The van der Waals surface area contributed by atoms with Crippen LogP contribution in [0.2, 0.25) is 0 Å². The smallest absolute Gasteiger partial charge is 0.313 e. The number of Topliss-reactive ketones (excluding diaryl/α,β-unsaturated/α-hetero) is 1. The minimum absolute atomic E-state index is 0.0645. The molecular formula is C35H58O4. The first-order valence-electron chi connectivity index (χ1n) is 15.5. The molecule has 0 saturated heterocycles. The van der Waals surface area contributed by atoms with Crippen molar-refractivity contribution in [2.24, 2.45) is 5.92 Å². The maximum absolute atomic E-state index is 12.9. The molecule has 0 amide bonds. The second kappa shape index (κ2) is 16.9. The lowest BCUT2D eigenvalue weighted by molar-refractivity contribution is -0.145. The highest BCUT2D eigenvalue weighted by molar-refractivity contribution is 5.98. The highest BCUT2D eigenvalue weighted by atomic mass is 16.4. The summed E-state index contributed by atoms with van der Waals surface area (Å²) >= 11 is 0. The number of rotatable bonds is 18. The summed E-state index contributed by atoms with van der Waals surface area (Å²) in [5.74, 6) is -2.04. The van der Waals surface area contributed by atoms with Gasteiger partial charge >= 0.3 is 5.97 Å². The van der Waals surface area contributed by atoms with Gasteiger partial charge in [0.2, 0.25) is 0 Å². The van der Waals surface area contributed by atoms with E-state index in [9.17, 15) is 19.8 Å². The minimum Gasteiger partial charge on any atom is -0.507 e. The quantitative estimate of drug-likeness (QED) is 0.110. The van der Waals surface area contributed by atoms with Gasteiger partial charge in [-0.25, -0.2) is 0 Å². The van der Waals surface area contributed by atoms with E-state index >= 15 is 0 Å². The van der Waals surface area contributed by atoms with Crippen molar-refractivity contribution >= 4 is 11.8 Å². The first-order valence-corrected chi connectivity index (χ1v) is 15.5. The number of aromatic hydroxyl groups is 1. The van der Waals surface area contributed by atoms with E-state index in [0.29, 0.717) is 5.75 Å². The molecule has 1 rings (SSSR count). The SMILES string of the molecule is CCCCCCCCC=CCCCCCC(CC(=O)C(C)C(=O)O)c1cc(C(C)(C)C)c(O)c(C(C)(C)C)c1. The van der Waals surface area contributed by atoms with Crippen LogP contribution >= 0.6 is 0 Å². The predicted molar refractivity (Wildman–Crippen MR) is 165 cm³/mol. The molecule has 4 heteroatoms. The van der Waals surface area contributed by atoms with E-state index in [1.54, 1.807) is 0 Å². The van der Waals surface area contributed by atoms with Crippen molar-refractivity contribution in [3.05, 3.63) is 41.0 Å². The molecule has 39 heavy (non-hydrogen) atoms. The third-order valence-corrected chi connectivity index (χ3v) is 7.84. The number of carboxylic acids is 1. The van der Waals surface area contributed by atoms with Gasteiger partial charge in [-0.1, -0.05) is 118 Å². The van der Waals surface area contributed by atoms with Crippen molar-refractivity contribution in [1.82, 2.24) is 0 Å². The van der Waals surface area contributed by atoms with Crippen molar-refractivity contribution in [2.75, 3.05) is 0 Å². The summed E-state index contributed by atoms with van der Waals surface area (Å²) in [6.45, 7) is 16.3. The van der Waals surface area contributed by atoms with Crippen LogP contribution in [-0.2, 0) is 20.4 Å². The van der Waals surface area contributed by atoms with Gasteiger partial charge in [0.05, 0.1) is 0 Å². The van der Waals surface area contributed by atoms with Crippen LogP contribution in [0.4, 0.5) is 0 Å². The Morgan fingerprint density at radius 3 is 1.72 bits per heavy atom. The van der Waals surface area contributed by atoms with Crippen LogP contribution in [0.25, 0.3) is 0 Å². The molecule has 0 aliphatic heterocycles. The van der Waals surface area contributed by atoms with Crippen LogP contribution in [0.3, 0.4) is 0 Å². The molecular weight excluding hydrogens is 484 g/mol. The van der Waals surface area contributed by atoms with Crippen LogP contribution in [-0.4, -0.2) is 22.0 Å². The van der Waals surface area contributed by atoms with E-state index in [-0.39, 0.29) is 29.0 Å². The Morgan fingerprint density at radius 1 is 0.795 bits per heavy atom. The summed E-state index contributed by atoms with van der Waals surface area (Å²) in [6, 6.07) is 4.11. The number of unbranched alkanes of at least 4 members (excludes halogenated alkanes) is 9. The van der Waals surface area contributed by atoms with Gasteiger partial charge in [-0.2, -0.15) is 0 Å². The Kier molecular flexibility index (Phi) is 15.1. The average molecular weight is 543 g/mol. The first-order chi connectivity index (χ1) is 18.2. The van der Waals surface area contributed by atoms with Crippen LogP contribution in [0, 0.1) is 5.92 Å². The summed E-state index contributed by atoms with van der Waals surface area (Å²) in [7, 11) is 0. The number of carboxylic acid groups (broad SMARTS) is 1. The summed E-state index contributed by atoms with van der Waals surface area (Å²) in [4.78, 5) is 24.4. The lowest BCUT2D eigenvalue weighted by Gasteiger charge is -2.30. The van der Waals surface area contributed by atoms with Gasteiger partial charge in [-0.05, 0) is 72.5 Å². The number of allylic oxidation sites excluding steroid dienone is 2. The Morgan fingerprint density at radius 2 is 1.26 bits per heavy atom.